The van der Waals surface area contributed by atoms with Gasteiger partial charge in [0.1, 0.15) is 5.76 Å². The van der Waals surface area contributed by atoms with E-state index in [0.29, 0.717) is 6.54 Å². The van der Waals surface area contributed by atoms with Crippen molar-refractivity contribution >= 4 is 42.9 Å². The number of anilines is 2. The minimum absolute atomic E-state index is 0.667. The second-order valence-corrected chi connectivity index (χ2v) is 5.99. The Morgan fingerprint density at radius 3 is 2.81 bits per heavy atom. The molecule has 0 unspecified atom stereocenters. The number of rotatable bonds is 3. The van der Waals surface area contributed by atoms with Crippen LogP contribution in [0.3, 0.4) is 0 Å². The van der Waals surface area contributed by atoms with Gasteiger partial charge in [-0.15, -0.1) is 11.3 Å². The molecule has 0 aliphatic heterocycles. The van der Waals surface area contributed by atoms with E-state index < -0.39 is 0 Å². The first-order valence-electron chi connectivity index (χ1n) is 6.79. The van der Waals surface area contributed by atoms with Crippen LogP contribution < -0.4 is 11.1 Å². The Morgan fingerprint density at radius 2 is 1.95 bits per heavy atom. The fourth-order valence-electron chi connectivity index (χ4n) is 2.59. The van der Waals surface area contributed by atoms with Crippen molar-refractivity contribution in [2.24, 2.45) is 0 Å². The van der Waals surface area contributed by atoms with Gasteiger partial charge in [0.05, 0.1) is 23.2 Å². The van der Waals surface area contributed by atoms with Crippen LogP contribution in [-0.2, 0) is 6.54 Å². The predicted octanol–water partition coefficient (Wildman–Crippen LogP) is 4.84. The maximum absolute atomic E-state index is 6.19. The van der Waals surface area contributed by atoms with Crippen molar-refractivity contribution in [1.82, 2.24) is 0 Å². The highest BCUT2D eigenvalue weighted by molar-refractivity contribution is 7.26. The van der Waals surface area contributed by atoms with Crippen LogP contribution in [0.2, 0.25) is 0 Å². The summed E-state index contributed by atoms with van der Waals surface area (Å²) in [6.45, 7) is 0.667. The van der Waals surface area contributed by atoms with Crippen molar-refractivity contribution < 1.29 is 4.42 Å². The zero-order chi connectivity index (χ0) is 14.2. The predicted molar refractivity (Wildman–Crippen MR) is 89.8 cm³/mol. The summed E-state index contributed by atoms with van der Waals surface area (Å²) < 4.78 is 7.82. The van der Waals surface area contributed by atoms with Crippen LogP contribution in [0.4, 0.5) is 11.4 Å². The van der Waals surface area contributed by atoms with Crippen molar-refractivity contribution in [3.63, 3.8) is 0 Å². The molecule has 4 aromatic rings. The molecular formula is C17H14N2OS. The summed E-state index contributed by atoms with van der Waals surface area (Å²) in [7, 11) is 0. The van der Waals surface area contributed by atoms with Crippen LogP contribution in [0, 0.1) is 0 Å². The molecule has 0 aliphatic rings. The van der Waals surface area contributed by atoms with Crippen LogP contribution in [0.25, 0.3) is 20.2 Å². The molecule has 2 aromatic heterocycles. The SMILES string of the molecule is Nc1ccc(NCc2ccco2)c2sc3ccccc3c12. The average Bonchev–Trinajstić information content (AvgIpc) is 3.14. The number of thiophene rings is 1. The van der Waals surface area contributed by atoms with Crippen molar-refractivity contribution in [3.8, 4) is 0 Å². The minimum Gasteiger partial charge on any atom is -0.467 e. The average molecular weight is 294 g/mol. The fourth-order valence-corrected chi connectivity index (χ4v) is 3.82. The maximum atomic E-state index is 6.19. The summed E-state index contributed by atoms with van der Waals surface area (Å²) in [5, 5.41) is 5.80. The first-order chi connectivity index (χ1) is 10.3. The van der Waals surface area contributed by atoms with Crippen molar-refractivity contribution in [1.29, 1.82) is 0 Å². The Hall–Kier alpha value is -2.46. The Morgan fingerprint density at radius 1 is 1.05 bits per heavy atom. The summed E-state index contributed by atoms with van der Waals surface area (Å²) in [6, 6.07) is 16.2. The molecule has 0 aliphatic carbocycles. The van der Waals surface area contributed by atoms with E-state index in [9.17, 15) is 0 Å². The van der Waals surface area contributed by atoms with E-state index in [1.807, 2.05) is 24.3 Å². The van der Waals surface area contributed by atoms with E-state index >= 15 is 0 Å². The van der Waals surface area contributed by atoms with E-state index in [1.165, 1.54) is 14.8 Å². The molecule has 0 amide bonds. The van der Waals surface area contributed by atoms with E-state index in [0.717, 1.165) is 22.5 Å². The summed E-state index contributed by atoms with van der Waals surface area (Å²) in [4.78, 5) is 0. The zero-order valence-corrected chi connectivity index (χ0v) is 12.1. The van der Waals surface area contributed by atoms with Crippen LogP contribution in [-0.4, -0.2) is 0 Å². The molecule has 0 bridgehead atoms. The van der Waals surface area contributed by atoms with Gasteiger partial charge < -0.3 is 15.5 Å². The third kappa shape index (κ3) is 2.04. The Kier molecular flexibility index (Phi) is 2.82. The molecule has 3 nitrogen and oxygen atoms in total. The molecular weight excluding hydrogens is 280 g/mol. The third-order valence-electron chi connectivity index (χ3n) is 3.59. The van der Waals surface area contributed by atoms with Gasteiger partial charge in [0, 0.05) is 21.2 Å². The number of hydrogen-bond donors (Lipinski definition) is 2. The van der Waals surface area contributed by atoms with Gasteiger partial charge in [-0.2, -0.15) is 0 Å². The van der Waals surface area contributed by atoms with Gasteiger partial charge in [0.15, 0.2) is 0 Å². The standard InChI is InChI=1S/C17H14N2OS/c18-13-7-8-14(19-10-11-4-3-9-20-11)17-16(13)12-5-1-2-6-15(12)21-17/h1-9,19H,10,18H2. The molecule has 2 heterocycles. The lowest BCUT2D eigenvalue weighted by Gasteiger charge is -2.07. The maximum Gasteiger partial charge on any atom is 0.122 e. The lowest BCUT2D eigenvalue weighted by molar-refractivity contribution is 0.518. The minimum atomic E-state index is 0.667. The number of furan rings is 1. The topological polar surface area (TPSA) is 51.2 Å². The van der Waals surface area contributed by atoms with E-state index in [1.54, 1.807) is 17.6 Å². The second-order valence-electron chi connectivity index (χ2n) is 4.94. The van der Waals surface area contributed by atoms with E-state index in [4.69, 9.17) is 10.2 Å². The molecule has 21 heavy (non-hydrogen) atoms. The lowest BCUT2D eigenvalue weighted by Crippen LogP contribution is -1.98. The van der Waals surface area contributed by atoms with Gasteiger partial charge in [0.2, 0.25) is 0 Å². The summed E-state index contributed by atoms with van der Waals surface area (Å²) in [6.07, 6.45) is 1.69. The zero-order valence-electron chi connectivity index (χ0n) is 11.3. The molecule has 0 radical (unpaired) electrons. The molecule has 0 spiro atoms. The highest BCUT2D eigenvalue weighted by Crippen LogP contribution is 2.41. The molecule has 0 saturated heterocycles. The van der Waals surface area contributed by atoms with Crippen LogP contribution in [0.15, 0.2) is 59.2 Å². The third-order valence-corrected chi connectivity index (χ3v) is 4.80. The normalized spacial score (nSPS) is 11.2. The summed E-state index contributed by atoms with van der Waals surface area (Å²) in [5.74, 6) is 0.918. The number of fused-ring (bicyclic) bond motifs is 3. The van der Waals surface area contributed by atoms with Gasteiger partial charge >= 0.3 is 0 Å². The first-order valence-corrected chi connectivity index (χ1v) is 7.60. The largest absolute Gasteiger partial charge is 0.467 e. The molecule has 0 saturated carbocycles. The van der Waals surface area contributed by atoms with Crippen LogP contribution >= 0.6 is 11.3 Å². The van der Waals surface area contributed by atoms with Crippen molar-refractivity contribution in [3.05, 3.63) is 60.6 Å². The number of benzene rings is 2. The van der Waals surface area contributed by atoms with Crippen molar-refractivity contribution in [2.45, 2.75) is 6.54 Å². The molecule has 2 aromatic carbocycles. The second kappa shape index (κ2) is 4.82. The van der Waals surface area contributed by atoms with Gasteiger partial charge in [-0.1, -0.05) is 18.2 Å². The van der Waals surface area contributed by atoms with Crippen LogP contribution in [0.1, 0.15) is 5.76 Å². The molecule has 3 N–H and O–H groups in total. The number of nitrogens with two attached hydrogens (primary N) is 1. The summed E-state index contributed by atoms with van der Waals surface area (Å²) in [5.41, 5.74) is 8.11. The highest BCUT2D eigenvalue weighted by atomic mass is 32.1. The molecule has 0 atom stereocenters. The number of hydrogen-bond acceptors (Lipinski definition) is 4. The Labute approximate surface area is 126 Å². The van der Waals surface area contributed by atoms with Gasteiger partial charge in [-0.25, -0.2) is 0 Å². The number of nitrogens with one attached hydrogen (secondary N) is 1. The van der Waals surface area contributed by atoms with Gasteiger partial charge in [0.25, 0.3) is 0 Å². The molecule has 104 valence electrons. The van der Waals surface area contributed by atoms with Crippen molar-refractivity contribution in [2.75, 3.05) is 11.1 Å². The Balaban J connectivity index is 1.84. The number of nitrogen functional groups attached to an aromatic ring is 1. The molecule has 0 fully saturated rings. The highest BCUT2D eigenvalue weighted by Gasteiger charge is 2.11. The quantitative estimate of drug-likeness (QED) is 0.531. The van der Waals surface area contributed by atoms with E-state index in [-0.39, 0.29) is 0 Å². The fraction of sp³-hybridized carbons (Fsp3) is 0.0588. The molecule has 4 heteroatoms. The Bertz CT molecular complexity index is 909. The first kappa shape index (κ1) is 12.3. The van der Waals surface area contributed by atoms with E-state index in [2.05, 4.69) is 29.6 Å². The van der Waals surface area contributed by atoms with Gasteiger partial charge in [-0.3, -0.25) is 0 Å². The van der Waals surface area contributed by atoms with Crippen LogP contribution in [0.5, 0.6) is 0 Å². The monoisotopic (exact) mass is 294 g/mol. The van der Waals surface area contributed by atoms with Gasteiger partial charge in [-0.05, 0) is 30.3 Å². The molecule has 4 rings (SSSR count). The summed E-state index contributed by atoms with van der Waals surface area (Å²) >= 11 is 1.77. The lowest BCUT2D eigenvalue weighted by atomic mass is 10.1. The smallest absolute Gasteiger partial charge is 0.122 e.